The second-order valence-corrected chi connectivity index (χ2v) is 8.15. The van der Waals surface area contributed by atoms with Crippen LogP contribution in [-0.2, 0) is 11.3 Å². The van der Waals surface area contributed by atoms with E-state index < -0.39 is 4.33 Å². The fraction of sp³-hybridized carbons (Fsp3) is 0.588. The highest BCUT2D eigenvalue weighted by atomic mass is 35.5. The molecule has 0 radical (unpaired) electrons. The van der Waals surface area contributed by atoms with Crippen LogP contribution in [0.25, 0.3) is 0 Å². The van der Waals surface area contributed by atoms with E-state index >= 15 is 0 Å². The summed E-state index contributed by atoms with van der Waals surface area (Å²) in [6.45, 7) is 3.93. The Morgan fingerprint density at radius 2 is 2.05 bits per heavy atom. The second-order valence-electron chi connectivity index (χ2n) is 6.61. The first-order valence-corrected chi connectivity index (χ1v) is 8.60. The Labute approximate surface area is 142 Å². The molecule has 1 heterocycles. The van der Waals surface area contributed by atoms with Gasteiger partial charge in [-0.15, -0.1) is 23.2 Å². The van der Waals surface area contributed by atoms with Crippen molar-refractivity contribution in [1.82, 2.24) is 9.80 Å². The average Bonchev–Trinajstić information content (AvgIpc) is 2.91. The predicted octanol–water partition coefficient (Wildman–Crippen LogP) is 3.16. The van der Waals surface area contributed by atoms with Gasteiger partial charge in [-0.2, -0.15) is 0 Å². The topological polar surface area (TPSA) is 23.6 Å². The maximum atomic E-state index is 12.2. The van der Waals surface area contributed by atoms with Gasteiger partial charge in [-0.3, -0.25) is 9.69 Å². The molecule has 120 valence electrons. The van der Waals surface area contributed by atoms with Crippen molar-refractivity contribution in [3.05, 3.63) is 35.9 Å². The van der Waals surface area contributed by atoms with Crippen molar-refractivity contribution in [3.63, 3.8) is 0 Å². The number of amides is 1. The Morgan fingerprint density at radius 3 is 2.68 bits per heavy atom. The van der Waals surface area contributed by atoms with Crippen molar-refractivity contribution in [2.75, 3.05) is 26.7 Å². The Balaban J connectivity index is 1.46. The number of halogens is 2. The van der Waals surface area contributed by atoms with Crippen LogP contribution in [0.1, 0.15) is 18.4 Å². The Hall–Kier alpha value is -0.770. The summed E-state index contributed by atoms with van der Waals surface area (Å²) in [6, 6.07) is 10.5. The summed E-state index contributed by atoms with van der Waals surface area (Å²) in [4.78, 5) is 16.5. The lowest BCUT2D eigenvalue weighted by Crippen LogP contribution is -2.35. The molecule has 1 amide bonds. The molecule has 0 N–H and O–H groups in total. The van der Waals surface area contributed by atoms with Crippen LogP contribution in [0.15, 0.2) is 30.3 Å². The van der Waals surface area contributed by atoms with Crippen molar-refractivity contribution in [1.29, 1.82) is 0 Å². The zero-order valence-corrected chi connectivity index (χ0v) is 14.4. The van der Waals surface area contributed by atoms with Gasteiger partial charge in [0.1, 0.15) is 4.33 Å². The van der Waals surface area contributed by atoms with E-state index in [2.05, 4.69) is 29.2 Å². The lowest BCUT2D eigenvalue weighted by atomic mass is 10.1. The van der Waals surface area contributed by atoms with E-state index in [1.807, 2.05) is 18.0 Å². The quantitative estimate of drug-likeness (QED) is 0.768. The number of likely N-dealkylation sites (tertiary alicyclic amines) is 1. The van der Waals surface area contributed by atoms with Gasteiger partial charge < -0.3 is 4.90 Å². The van der Waals surface area contributed by atoms with Gasteiger partial charge in [-0.25, -0.2) is 0 Å². The number of hydrogen-bond acceptors (Lipinski definition) is 2. The summed E-state index contributed by atoms with van der Waals surface area (Å²) in [5.74, 6) is 0.422. The van der Waals surface area contributed by atoms with Crippen molar-refractivity contribution in [2.24, 2.45) is 11.8 Å². The summed E-state index contributed by atoms with van der Waals surface area (Å²) in [5.41, 5.74) is 1.35. The molecule has 3 nitrogen and oxygen atoms in total. The summed E-state index contributed by atoms with van der Waals surface area (Å²) in [5, 5.41) is 0. The minimum atomic E-state index is -0.819. The zero-order chi connectivity index (χ0) is 15.7. The standard InChI is InChI=1S/C17H22Cl2N2O/c1-20(16(22)15-9-17(15,18)19)10-14-7-8-21(12-14)11-13-5-3-2-4-6-13/h2-6,14-15H,7-12H2,1H3/t14-,15+/m1/s1. The van der Waals surface area contributed by atoms with E-state index in [0.29, 0.717) is 12.3 Å². The third-order valence-electron chi connectivity index (χ3n) is 4.65. The molecule has 0 aromatic heterocycles. The molecule has 1 aromatic rings. The third kappa shape index (κ3) is 3.76. The fourth-order valence-corrected chi connectivity index (χ4v) is 3.77. The van der Waals surface area contributed by atoms with Crippen molar-refractivity contribution >= 4 is 29.1 Å². The molecule has 2 aliphatic rings. The lowest BCUT2D eigenvalue weighted by molar-refractivity contribution is -0.131. The molecule has 22 heavy (non-hydrogen) atoms. The Morgan fingerprint density at radius 1 is 1.36 bits per heavy atom. The summed E-state index contributed by atoms with van der Waals surface area (Å²) >= 11 is 12.0. The van der Waals surface area contributed by atoms with Gasteiger partial charge in [0.05, 0.1) is 5.92 Å². The highest BCUT2D eigenvalue weighted by Crippen LogP contribution is 2.53. The molecule has 1 aliphatic carbocycles. The van der Waals surface area contributed by atoms with E-state index in [9.17, 15) is 4.79 Å². The van der Waals surface area contributed by atoms with E-state index in [1.165, 1.54) is 5.56 Å². The van der Waals surface area contributed by atoms with Gasteiger partial charge in [-0.1, -0.05) is 30.3 Å². The number of carbonyl (C=O) groups is 1. The van der Waals surface area contributed by atoms with Crippen molar-refractivity contribution in [2.45, 2.75) is 23.7 Å². The average molecular weight is 341 g/mol. The van der Waals surface area contributed by atoms with Gasteiger partial charge in [0.2, 0.25) is 5.91 Å². The fourth-order valence-electron chi connectivity index (χ4n) is 3.27. The molecule has 5 heteroatoms. The van der Waals surface area contributed by atoms with Crippen LogP contribution in [0.4, 0.5) is 0 Å². The molecule has 3 rings (SSSR count). The molecule has 0 spiro atoms. The van der Waals surface area contributed by atoms with Gasteiger partial charge in [0.15, 0.2) is 0 Å². The van der Waals surface area contributed by atoms with Crippen LogP contribution < -0.4 is 0 Å². The van der Waals surface area contributed by atoms with E-state index in [0.717, 1.165) is 32.6 Å². The largest absolute Gasteiger partial charge is 0.345 e. The Bertz CT molecular complexity index is 535. The minimum absolute atomic E-state index is 0.0894. The van der Waals surface area contributed by atoms with Gasteiger partial charge >= 0.3 is 0 Å². The first kappa shape index (κ1) is 16.1. The summed E-state index contributed by atoms with van der Waals surface area (Å²) in [6.07, 6.45) is 1.73. The van der Waals surface area contributed by atoms with Crippen LogP contribution in [0.3, 0.4) is 0 Å². The molecule has 1 saturated carbocycles. The molecular formula is C17H22Cl2N2O. The number of hydrogen-bond donors (Lipinski definition) is 0. The maximum absolute atomic E-state index is 12.2. The van der Waals surface area contributed by atoms with Crippen LogP contribution in [0.2, 0.25) is 0 Å². The Kier molecular flexibility index (Phi) is 4.67. The van der Waals surface area contributed by atoms with Crippen molar-refractivity contribution in [3.8, 4) is 0 Å². The van der Waals surface area contributed by atoms with Gasteiger partial charge in [-0.05, 0) is 30.9 Å². The smallest absolute Gasteiger partial charge is 0.228 e. The highest BCUT2D eigenvalue weighted by molar-refractivity contribution is 6.52. The van der Waals surface area contributed by atoms with Crippen LogP contribution in [-0.4, -0.2) is 46.7 Å². The van der Waals surface area contributed by atoms with Crippen LogP contribution in [0, 0.1) is 11.8 Å². The van der Waals surface area contributed by atoms with Crippen molar-refractivity contribution < 1.29 is 4.79 Å². The van der Waals surface area contributed by atoms with E-state index in [4.69, 9.17) is 23.2 Å². The normalized spacial score (nSPS) is 26.9. The summed E-state index contributed by atoms with van der Waals surface area (Å²) < 4.78 is -0.819. The SMILES string of the molecule is CN(C[C@H]1CCN(Cc2ccccc2)C1)C(=O)[C@@H]1CC1(Cl)Cl. The predicted molar refractivity (Wildman–Crippen MR) is 90.0 cm³/mol. The molecule has 0 bridgehead atoms. The van der Waals surface area contributed by atoms with E-state index in [-0.39, 0.29) is 11.8 Å². The maximum Gasteiger partial charge on any atom is 0.228 e. The first-order chi connectivity index (χ1) is 10.5. The number of benzene rings is 1. The van der Waals surface area contributed by atoms with Gasteiger partial charge in [0.25, 0.3) is 0 Å². The number of alkyl halides is 2. The first-order valence-electron chi connectivity index (χ1n) is 7.85. The van der Waals surface area contributed by atoms with Gasteiger partial charge in [0, 0.05) is 26.7 Å². The monoisotopic (exact) mass is 340 g/mol. The molecule has 2 atom stereocenters. The highest BCUT2D eigenvalue weighted by Gasteiger charge is 2.57. The molecule has 1 saturated heterocycles. The molecule has 2 fully saturated rings. The molecular weight excluding hydrogens is 319 g/mol. The lowest BCUT2D eigenvalue weighted by Gasteiger charge is -2.22. The van der Waals surface area contributed by atoms with E-state index in [1.54, 1.807) is 0 Å². The third-order valence-corrected chi connectivity index (χ3v) is 5.49. The molecule has 1 aromatic carbocycles. The number of rotatable bonds is 5. The number of nitrogens with zero attached hydrogens (tertiary/aromatic N) is 2. The molecule has 1 aliphatic heterocycles. The minimum Gasteiger partial charge on any atom is -0.345 e. The molecule has 0 unspecified atom stereocenters. The van der Waals surface area contributed by atoms with Crippen LogP contribution in [0.5, 0.6) is 0 Å². The zero-order valence-electron chi connectivity index (χ0n) is 12.8. The summed E-state index contributed by atoms with van der Waals surface area (Å²) in [7, 11) is 1.87. The van der Waals surface area contributed by atoms with Crippen LogP contribution >= 0.6 is 23.2 Å². The number of carbonyl (C=O) groups excluding carboxylic acids is 1. The second kappa shape index (κ2) is 6.38.